The topological polar surface area (TPSA) is 118 Å². The van der Waals surface area contributed by atoms with Crippen molar-refractivity contribution in [3.8, 4) is 0 Å². The van der Waals surface area contributed by atoms with Crippen LogP contribution in [0.4, 0.5) is 11.4 Å². The fraction of sp³-hybridized carbons (Fsp3) is 0.316. The lowest BCUT2D eigenvalue weighted by atomic mass is 10.1. The first-order chi connectivity index (χ1) is 13.1. The second kappa shape index (κ2) is 7.59. The smallest absolute Gasteiger partial charge is 0.293 e. The molecule has 0 heterocycles. The minimum Gasteiger partial charge on any atom is -0.373 e. The summed E-state index contributed by atoms with van der Waals surface area (Å²) < 4.78 is 23.1. The summed E-state index contributed by atoms with van der Waals surface area (Å²) in [6.07, 6.45) is 3.00. The summed E-state index contributed by atoms with van der Waals surface area (Å²) in [6.45, 7) is 1.81. The molecule has 3 rings (SSSR count). The van der Waals surface area contributed by atoms with Crippen molar-refractivity contribution in [2.75, 3.05) is 11.6 Å². The SMILES string of the molecule is CC(Nc1ccc(C(=O)NC2CC2)cc1[N+](=O)[O-])c1ccc(S(C)(=O)=O)cc1. The fourth-order valence-electron chi connectivity index (χ4n) is 2.76. The van der Waals surface area contributed by atoms with Crippen molar-refractivity contribution in [1.29, 1.82) is 0 Å². The van der Waals surface area contributed by atoms with Crippen molar-refractivity contribution in [2.24, 2.45) is 0 Å². The summed E-state index contributed by atoms with van der Waals surface area (Å²) in [5.41, 5.74) is 1.11. The summed E-state index contributed by atoms with van der Waals surface area (Å²) in [4.78, 5) is 23.3. The Morgan fingerprint density at radius 3 is 2.36 bits per heavy atom. The number of hydrogen-bond donors (Lipinski definition) is 2. The summed E-state index contributed by atoms with van der Waals surface area (Å²) in [5.74, 6) is -0.318. The normalized spacial score (nSPS) is 14.9. The molecule has 2 aromatic carbocycles. The molecule has 8 nitrogen and oxygen atoms in total. The van der Waals surface area contributed by atoms with Gasteiger partial charge in [-0.1, -0.05) is 12.1 Å². The van der Waals surface area contributed by atoms with Crippen molar-refractivity contribution in [2.45, 2.75) is 36.7 Å². The first-order valence-corrected chi connectivity index (χ1v) is 10.7. The van der Waals surface area contributed by atoms with Crippen LogP contribution in [0.5, 0.6) is 0 Å². The molecular weight excluding hydrogens is 382 g/mol. The zero-order chi connectivity index (χ0) is 20.5. The van der Waals surface area contributed by atoms with Crippen LogP contribution in [0.15, 0.2) is 47.4 Å². The first kappa shape index (κ1) is 19.8. The fourth-order valence-corrected chi connectivity index (χ4v) is 3.39. The Labute approximate surface area is 163 Å². The monoisotopic (exact) mass is 403 g/mol. The largest absolute Gasteiger partial charge is 0.373 e. The van der Waals surface area contributed by atoms with E-state index in [-0.39, 0.29) is 39.8 Å². The lowest BCUT2D eigenvalue weighted by molar-refractivity contribution is -0.384. The summed E-state index contributed by atoms with van der Waals surface area (Å²) in [7, 11) is -3.29. The number of benzene rings is 2. The van der Waals surface area contributed by atoms with Gasteiger partial charge in [-0.15, -0.1) is 0 Å². The number of sulfone groups is 1. The lowest BCUT2D eigenvalue weighted by Gasteiger charge is -2.16. The van der Waals surface area contributed by atoms with Crippen LogP contribution in [0.25, 0.3) is 0 Å². The summed E-state index contributed by atoms with van der Waals surface area (Å²) >= 11 is 0. The molecule has 1 aliphatic carbocycles. The van der Waals surface area contributed by atoms with Gasteiger partial charge in [0.2, 0.25) is 0 Å². The number of carbonyl (C=O) groups excluding carboxylic acids is 1. The van der Waals surface area contributed by atoms with E-state index in [1.54, 1.807) is 18.2 Å². The van der Waals surface area contributed by atoms with Crippen LogP contribution in [0.3, 0.4) is 0 Å². The summed E-state index contributed by atoms with van der Waals surface area (Å²) in [6, 6.07) is 10.5. The van der Waals surface area contributed by atoms with Crippen molar-refractivity contribution < 1.29 is 18.1 Å². The molecule has 0 aliphatic heterocycles. The molecule has 9 heteroatoms. The Hall–Kier alpha value is -2.94. The maximum absolute atomic E-state index is 12.1. The van der Waals surface area contributed by atoms with E-state index in [0.717, 1.165) is 24.7 Å². The van der Waals surface area contributed by atoms with Gasteiger partial charge in [-0.3, -0.25) is 14.9 Å². The van der Waals surface area contributed by atoms with Crippen LogP contribution in [0.1, 0.15) is 41.7 Å². The number of nitro benzene ring substituents is 1. The standard InChI is InChI=1S/C19H21N3O5S/c1-12(13-3-8-16(9-4-13)28(2,26)27)20-17-10-5-14(11-18(17)22(24)25)19(23)21-15-6-7-15/h3-5,8-12,15,20H,6-7H2,1-2H3,(H,21,23). The van der Waals surface area contributed by atoms with E-state index in [0.29, 0.717) is 0 Å². The molecule has 1 fully saturated rings. The summed E-state index contributed by atoms with van der Waals surface area (Å²) in [5, 5.41) is 17.3. The number of anilines is 1. The number of nitrogens with one attached hydrogen (secondary N) is 2. The molecule has 1 aliphatic rings. The highest BCUT2D eigenvalue weighted by Gasteiger charge is 2.25. The Morgan fingerprint density at radius 2 is 1.82 bits per heavy atom. The Morgan fingerprint density at radius 1 is 1.18 bits per heavy atom. The highest BCUT2D eigenvalue weighted by molar-refractivity contribution is 7.90. The average molecular weight is 403 g/mol. The number of amides is 1. The van der Waals surface area contributed by atoms with E-state index in [9.17, 15) is 23.3 Å². The Bertz CT molecular complexity index is 1010. The van der Waals surface area contributed by atoms with E-state index in [1.165, 1.54) is 24.3 Å². The predicted molar refractivity (Wildman–Crippen MR) is 105 cm³/mol. The van der Waals surface area contributed by atoms with Crippen molar-refractivity contribution in [3.63, 3.8) is 0 Å². The van der Waals surface area contributed by atoms with Crippen LogP contribution in [0, 0.1) is 10.1 Å². The first-order valence-electron chi connectivity index (χ1n) is 8.81. The maximum atomic E-state index is 12.1. The molecule has 0 radical (unpaired) electrons. The van der Waals surface area contributed by atoms with Gasteiger partial charge in [0, 0.05) is 30.0 Å². The molecule has 0 bridgehead atoms. The molecule has 1 amide bonds. The molecular formula is C19H21N3O5S. The molecule has 2 aromatic rings. The van der Waals surface area contributed by atoms with Gasteiger partial charge < -0.3 is 10.6 Å². The van der Waals surface area contributed by atoms with E-state index in [4.69, 9.17) is 0 Å². The van der Waals surface area contributed by atoms with Gasteiger partial charge in [0.15, 0.2) is 9.84 Å². The van der Waals surface area contributed by atoms with Crippen molar-refractivity contribution in [3.05, 3.63) is 63.7 Å². The average Bonchev–Trinajstić information content (AvgIpc) is 3.45. The minimum atomic E-state index is -3.29. The second-order valence-corrected chi connectivity index (χ2v) is 8.96. The zero-order valence-electron chi connectivity index (χ0n) is 15.5. The number of carbonyl (C=O) groups is 1. The Kier molecular flexibility index (Phi) is 5.37. The van der Waals surface area contributed by atoms with Crippen LogP contribution < -0.4 is 10.6 Å². The number of nitrogens with zero attached hydrogens (tertiary/aromatic N) is 1. The maximum Gasteiger partial charge on any atom is 0.293 e. The van der Waals surface area contributed by atoms with Gasteiger partial charge in [0.05, 0.1) is 9.82 Å². The minimum absolute atomic E-state index is 0.166. The van der Waals surface area contributed by atoms with Crippen LogP contribution in [-0.2, 0) is 9.84 Å². The van der Waals surface area contributed by atoms with Gasteiger partial charge >= 0.3 is 0 Å². The van der Waals surface area contributed by atoms with E-state index >= 15 is 0 Å². The van der Waals surface area contributed by atoms with Crippen LogP contribution in [0.2, 0.25) is 0 Å². The molecule has 0 saturated heterocycles. The van der Waals surface area contributed by atoms with Gasteiger partial charge in [0.25, 0.3) is 11.6 Å². The molecule has 1 unspecified atom stereocenters. The van der Waals surface area contributed by atoms with Gasteiger partial charge in [-0.05, 0) is 49.6 Å². The number of nitro groups is 1. The molecule has 28 heavy (non-hydrogen) atoms. The van der Waals surface area contributed by atoms with Crippen molar-refractivity contribution >= 4 is 27.1 Å². The van der Waals surface area contributed by atoms with Crippen LogP contribution >= 0.6 is 0 Å². The number of rotatable bonds is 7. The second-order valence-electron chi connectivity index (χ2n) is 6.94. The molecule has 1 atom stereocenters. The van der Waals surface area contributed by atoms with Crippen molar-refractivity contribution in [1.82, 2.24) is 5.32 Å². The zero-order valence-corrected chi connectivity index (χ0v) is 16.3. The van der Waals surface area contributed by atoms with E-state index < -0.39 is 14.8 Å². The highest BCUT2D eigenvalue weighted by Crippen LogP contribution is 2.30. The molecule has 0 aromatic heterocycles. The molecule has 2 N–H and O–H groups in total. The molecule has 148 valence electrons. The van der Waals surface area contributed by atoms with Crippen LogP contribution in [-0.4, -0.2) is 31.5 Å². The van der Waals surface area contributed by atoms with E-state index in [1.807, 2.05) is 6.92 Å². The van der Waals surface area contributed by atoms with Gasteiger partial charge in [-0.2, -0.15) is 0 Å². The molecule has 0 spiro atoms. The quantitative estimate of drug-likeness (QED) is 0.542. The Balaban J connectivity index is 1.80. The predicted octanol–water partition coefficient (Wildman–Crippen LogP) is 3.06. The van der Waals surface area contributed by atoms with Gasteiger partial charge in [0.1, 0.15) is 5.69 Å². The third kappa shape index (κ3) is 4.66. The lowest BCUT2D eigenvalue weighted by Crippen LogP contribution is -2.25. The van der Waals surface area contributed by atoms with E-state index in [2.05, 4.69) is 10.6 Å². The highest BCUT2D eigenvalue weighted by atomic mass is 32.2. The molecule has 1 saturated carbocycles. The number of hydrogen-bond acceptors (Lipinski definition) is 6. The third-order valence-corrected chi connectivity index (χ3v) is 5.68. The third-order valence-electron chi connectivity index (χ3n) is 4.55. The van der Waals surface area contributed by atoms with Gasteiger partial charge in [-0.25, -0.2) is 8.42 Å².